The van der Waals surface area contributed by atoms with Crippen LogP contribution < -0.4 is 25.3 Å². The standard InChI is InChI=1S/C31H35Cl2N7O3/c1-4-30(41)37-23-14-24(27(42-3)15-26(23)38-11-12-39(19(2)17-38)20-8-9-20)36-28-16-29(35-18-34-28)40-25(10-13-43-40)21-6-5-7-22(32)31(21)33/h4-7,14-16,18-20,25H,1,8-13,17H2,2-3H3,(H,37,41)(H,34,35,36)/t19-,25-/m1/s1. The van der Waals surface area contributed by atoms with Gasteiger partial charge < -0.3 is 20.3 Å². The third-order valence-corrected chi connectivity index (χ3v) is 9.02. The predicted molar refractivity (Wildman–Crippen MR) is 171 cm³/mol. The van der Waals surface area contributed by atoms with E-state index in [-0.39, 0.29) is 11.9 Å². The Balaban J connectivity index is 1.28. The summed E-state index contributed by atoms with van der Waals surface area (Å²) in [4.78, 5) is 32.3. The van der Waals surface area contributed by atoms with E-state index in [4.69, 9.17) is 32.8 Å². The number of benzene rings is 2. The van der Waals surface area contributed by atoms with E-state index >= 15 is 0 Å². The summed E-state index contributed by atoms with van der Waals surface area (Å²) >= 11 is 12.8. The molecule has 226 valence electrons. The van der Waals surface area contributed by atoms with Gasteiger partial charge in [-0.2, -0.15) is 0 Å². The van der Waals surface area contributed by atoms with Crippen molar-refractivity contribution in [2.45, 2.75) is 44.3 Å². The van der Waals surface area contributed by atoms with E-state index in [0.29, 0.717) is 57.5 Å². The molecule has 3 aromatic rings. The van der Waals surface area contributed by atoms with Gasteiger partial charge in [-0.1, -0.05) is 41.9 Å². The molecule has 0 bridgehead atoms. The second-order valence-corrected chi connectivity index (χ2v) is 11.8. The van der Waals surface area contributed by atoms with Crippen molar-refractivity contribution < 1.29 is 14.4 Å². The summed E-state index contributed by atoms with van der Waals surface area (Å²) < 4.78 is 5.82. The zero-order chi connectivity index (χ0) is 30.1. The van der Waals surface area contributed by atoms with Crippen molar-refractivity contribution in [1.29, 1.82) is 0 Å². The third kappa shape index (κ3) is 6.24. The van der Waals surface area contributed by atoms with Crippen molar-refractivity contribution in [3.05, 3.63) is 71.0 Å². The SMILES string of the molecule is C=CC(=O)Nc1cc(Nc2cc(N3OCC[C@@H]3c3cccc(Cl)c3Cl)ncn2)c(OC)cc1N1CCN(C2CC2)[C@H](C)C1. The molecule has 1 aromatic heterocycles. The normalized spacial score (nSPS) is 20.7. The highest BCUT2D eigenvalue weighted by atomic mass is 35.5. The van der Waals surface area contributed by atoms with Crippen LogP contribution >= 0.6 is 23.2 Å². The van der Waals surface area contributed by atoms with Crippen molar-refractivity contribution in [1.82, 2.24) is 14.9 Å². The Bertz CT molecular complexity index is 1520. The van der Waals surface area contributed by atoms with Gasteiger partial charge in [0.15, 0.2) is 5.82 Å². The maximum Gasteiger partial charge on any atom is 0.247 e. The Morgan fingerprint density at radius 3 is 2.72 bits per heavy atom. The first-order valence-electron chi connectivity index (χ1n) is 14.5. The molecule has 0 spiro atoms. The van der Waals surface area contributed by atoms with Crippen LogP contribution in [0.3, 0.4) is 0 Å². The van der Waals surface area contributed by atoms with Gasteiger partial charge in [-0.25, -0.2) is 15.0 Å². The minimum atomic E-state index is -0.289. The Hall–Kier alpha value is -3.57. The number of nitrogens with zero attached hydrogens (tertiary/aromatic N) is 5. The summed E-state index contributed by atoms with van der Waals surface area (Å²) in [5, 5.41) is 9.08. The van der Waals surface area contributed by atoms with Crippen LogP contribution in [0.15, 0.2) is 55.4 Å². The van der Waals surface area contributed by atoms with Gasteiger partial charge in [0.25, 0.3) is 0 Å². The largest absolute Gasteiger partial charge is 0.494 e. The molecule has 6 rings (SSSR count). The third-order valence-electron chi connectivity index (χ3n) is 8.18. The number of halogens is 2. The lowest BCUT2D eigenvalue weighted by Crippen LogP contribution is -2.52. The molecule has 2 aliphatic heterocycles. The van der Waals surface area contributed by atoms with Gasteiger partial charge in [0.05, 0.1) is 46.9 Å². The number of ether oxygens (including phenoxy) is 1. The Labute approximate surface area is 261 Å². The molecular weight excluding hydrogens is 589 g/mol. The minimum Gasteiger partial charge on any atom is -0.494 e. The number of carbonyl (C=O) groups is 1. The number of hydrogen-bond acceptors (Lipinski definition) is 9. The van der Waals surface area contributed by atoms with E-state index in [1.807, 2.05) is 24.3 Å². The van der Waals surface area contributed by atoms with Crippen LogP contribution in [0.1, 0.15) is 37.8 Å². The fraction of sp³-hybridized carbons (Fsp3) is 0.387. The monoisotopic (exact) mass is 623 g/mol. The summed E-state index contributed by atoms with van der Waals surface area (Å²) in [6, 6.07) is 12.2. The summed E-state index contributed by atoms with van der Waals surface area (Å²) in [5.74, 6) is 1.41. The molecule has 3 fully saturated rings. The van der Waals surface area contributed by atoms with Crippen LogP contribution in [0.2, 0.25) is 10.0 Å². The highest BCUT2D eigenvalue weighted by molar-refractivity contribution is 6.42. The van der Waals surface area contributed by atoms with E-state index in [9.17, 15) is 4.79 Å². The molecule has 12 heteroatoms. The van der Waals surface area contributed by atoms with E-state index in [1.54, 1.807) is 24.3 Å². The molecule has 3 heterocycles. The van der Waals surface area contributed by atoms with Crippen molar-refractivity contribution in [3.63, 3.8) is 0 Å². The zero-order valence-electron chi connectivity index (χ0n) is 24.2. The molecule has 43 heavy (non-hydrogen) atoms. The summed E-state index contributed by atoms with van der Waals surface area (Å²) in [6.07, 6.45) is 6.02. The molecule has 2 N–H and O–H groups in total. The number of rotatable bonds is 9. The molecule has 0 radical (unpaired) electrons. The van der Waals surface area contributed by atoms with Crippen molar-refractivity contribution in [3.8, 4) is 5.75 Å². The maximum absolute atomic E-state index is 12.5. The molecule has 0 unspecified atom stereocenters. The minimum absolute atomic E-state index is 0.161. The molecule has 2 aromatic carbocycles. The highest BCUT2D eigenvalue weighted by Crippen LogP contribution is 2.42. The fourth-order valence-corrected chi connectivity index (χ4v) is 6.38. The number of nitrogens with one attached hydrogen (secondary N) is 2. The van der Waals surface area contributed by atoms with Crippen LogP contribution in [0, 0.1) is 0 Å². The maximum atomic E-state index is 12.5. The molecular formula is C31H35Cl2N7O3. The second-order valence-electron chi connectivity index (χ2n) is 11.0. The average Bonchev–Trinajstić information content (AvgIpc) is 3.74. The lowest BCUT2D eigenvalue weighted by atomic mass is 10.0. The number of carbonyl (C=O) groups excluding carboxylic acids is 1. The van der Waals surface area contributed by atoms with E-state index in [1.165, 1.54) is 25.2 Å². The lowest BCUT2D eigenvalue weighted by molar-refractivity contribution is -0.111. The average molecular weight is 625 g/mol. The first-order valence-corrected chi connectivity index (χ1v) is 15.2. The number of methoxy groups -OCH3 is 1. The predicted octanol–water partition coefficient (Wildman–Crippen LogP) is 6.22. The molecule has 1 saturated carbocycles. The molecule has 3 aliphatic rings. The molecule has 2 saturated heterocycles. The van der Waals surface area contributed by atoms with Crippen LogP contribution in [-0.4, -0.2) is 66.2 Å². The van der Waals surface area contributed by atoms with Gasteiger partial charge in [-0.05, 0) is 43.5 Å². The molecule has 2 atom stereocenters. The number of anilines is 5. The smallest absolute Gasteiger partial charge is 0.247 e. The number of hydrogen-bond donors (Lipinski definition) is 2. The summed E-state index contributed by atoms with van der Waals surface area (Å²) in [5.41, 5.74) is 3.06. The number of aromatic nitrogens is 2. The first kappa shape index (κ1) is 29.5. The van der Waals surface area contributed by atoms with E-state index in [2.05, 4.69) is 43.9 Å². The van der Waals surface area contributed by atoms with E-state index in [0.717, 1.165) is 37.3 Å². The molecule has 1 aliphatic carbocycles. The summed E-state index contributed by atoms with van der Waals surface area (Å²) in [6.45, 7) is 9.10. The summed E-state index contributed by atoms with van der Waals surface area (Å²) in [7, 11) is 1.63. The highest BCUT2D eigenvalue weighted by Gasteiger charge is 2.36. The van der Waals surface area contributed by atoms with Gasteiger partial charge in [-0.3, -0.25) is 14.5 Å². The molecule has 10 nitrogen and oxygen atoms in total. The van der Waals surface area contributed by atoms with Crippen LogP contribution in [0.5, 0.6) is 5.75 Å². The van der Waals surface area contributed by atoms with Gasteiger partial charge in [0.1, 0.15) is 17.9 Å². The van der Waals surface area contributed by atoms with Crippen molar-refractivity contribution in [2.75, 3.05) is 53.9 Å². The Morgan fingerprint density at radius 1 is 1.14 bits per heavy atom. The molecule has 1 amide bonds. The van der Waals surface area contributed by atoms with Gasteiger partial charge in [0.2, 0.25) is 5.91 Å². The lowest BCUT2D eigenvalue weighted by Gasteiger charge is -2.42. The van der Waals surface area contributed by atoms with Crippen LogP contribution in [0.25, 0.3) is 0 Å². The number of hydroxylamine groups is 1. The fourth-order valence-electron chi connectivity index (χ4n) is 5.95. The van der Waals surface area contributed by atoms with E-state index < -0.39 is 0 Å². The van der Waals surface area contributed by atoms with Crippen molar-refractivity contribution in [2.24, 2.45) is 0 Å². The van der Waals surface area contributed by atoms with Crippen LogP contribution in [-0.2, 0) is 9.63 Å². The number of piperazine rings is 1. The second kappa shape index (κ2) is 12.6. The number of amides is 1. The quantitative estimate of drug-likeness (QED) is 0.269. The topological polar surface area (TPSA) is 95.1 Å². The Kier molecular flexibility index (Phi) is 8.63. The van der Waals surface area contributed by atoms with Gasteiger partial charge in [0, 0.05) is 50.3 Å². The van der Waals surface area contributed by atoms with Crippen molar-refractivity contribution >= 4 is 57.8 Å². The Morgan fingerprint density at radius 2 is 1.98 bits per heavy atom. The van der Waals surface area contributed by atoms with Crippen LogP contribution in [0.4, 0.5) is 28.7 Å². The van der Waals surface area contributed by atoms with Gasteiger partial charge >= 0.3 is 0 Å². The zero-order valence-corrected chi connectivity index (χ0v) is 25.7. The first-order chi connectivity index (χ1) is 20.9. The van der Waals surface area contributed by atoms with Gasteiger partial charge in [-0.15, -0.1) is 0 Å².